The van der Waals surface area contributed by atoms with Gasteiger partial charge in [0.15, 0.2) is 0 Å². The van der Waals surface area contributed by atoms with Crippen molar-refractivity contribution in [3.63, 3.8) is 0 Å². The van der Waals surface area contributed by atoms with Crippen molar-refractivity contribution in [2.24, 2.45) is 5.92 Å². The molecule has 2 aromatic carbocycles. The molecule has 3 aromatic rings. The summed E-state index contributed by atoms with van der Waals surface area (Å²) in [4.78, 5) is 17.8. The van der Waals surface area contributed by atoms with Gasteiger partial charge in [0.25, 0.3) is 0 Å². The minimum absolute atomic E-state index is 0.0302. The van der Waals surface area contributed by atoms with E-state index >= 15 is 0 Å². The molecule has 0 bridgehead atoms. The summed E-state index contributed by atoms with van der Waals surface area (Å²) in [7, 11) is 0. The molecule has 0 spiro atoms. The summed E-state index contributed by atoms with van der Waals surface area (Å²) < 4.78 is 41.9. The number of hydrogen-bond donors (Lipinski definition) is 2. The third-order valence-corrected chi connectivity index (χ3v) is 6.76. The van der Waals surface area contributed by atoms with Gasteiger partial charge in [-0.15, -0.1) is 0 Å². The maximum atomic E-state index is 14.5. The summed E-state index contributed by atoms with van der Waals surface area (Å²) in [5.74, 6) is -1.88. The molecule has 5 rings (SSSR count). The average Bonchev–Trinajstić information content (AvgIpc) is 3.33. The second-order valence-corrected chi connectivity index (χ2v) is 8.61. The van der Waals surface area contributed by atoms with Gasteiger partial charge < -0.3 is 15.0 Å². The number of H-pyrrole nitrogens is 1. The molecule has 1 saturated carbocycles. The van der Waals surface area contributed by atoms with Crippen LogP contribution in [0.4, 0.5) is 13.2 Å². The average molecular weight is 428 g/mol. The lowest BCUT2D eigenvalue weighted by molar-refractivity contribution is -0.140. The van der Waals surface area contributed by atoms with Gasteiger partial charge in [-0.05, 0) is 73.1 Å². The highest BCUT2D eigenvalue weighted by Gasteiger charge is 2.42. The van der Waals surface area contributed by atoms with E-state index in [1.807, 2.05) is 0 Å². The van der Waals surface area contributed by atoms with Crippen LogP contribution in [0, 0.1) is 23.4 Å². The van der Waals surface area contributed by atoms with Crippen LogP contribution in [0.2, 0.25) is 0 Å². The van der Waals surface area contributed by atoms with Gasteiger partial charge >= 0.3 is 0 Å². The Hall–Kier alpha value is -2.80. The van der Waals surface area contributed by atoms with Crippen molar-refractivity contribution in [1.29, 1.82) is 0 Å². The number of halogens is 3. The lowest BCUT2D eigenvalue weighted by atomic mass is 9.69. The SMILES string of the molecule is O=C(C1CC(c2c(-c3ccc(F)cc3)[nH]c3c(F)cc(F)cc23)C1)N1CCC[C@@H]1CO. The molecule has 1 aliphatic heterocycles. The predicted octanol–water partition coefficient (Wildman–Crippen LogP) is 4.73. The highest BCUT2D eigenvalue weighted by Crippen LogP contribution is 2.49. The summed E-state index contributed by atoms with van der Waals surface area (Å²) in [5.41, 5.74) is 2.29. The standard InChI is InChI=1S/C24H23F3N2O2/c25-16-5-3-13(4-6-16)22-21(19-10-17(26)11-20(27)23(19)28-22)14-8-15(9-14)24(31)29-7-1-2-18(29)12-30/h3-6,10-11,14-15,18,28,30H,1-2,7-9,12H2/t14?,15?,18-/m1/s1. The molecule has 2 fully saturated rings. The summed E-state index contributed by atoms with van der Waals surface area (Å²) in [6, 6.07) is 7.91. The van der Waals surface area contributed by atoms with Gasteiger partial charge in [-0.2, -0.15) is 0 Å². The molecule has 2 N–H and O–H groups in total. The second-order valence-electron chi connectivity index (χ2n) is 8.61. The molecule has 1 saturated heterocycles. The topological polar surface area (TPSA) is 56.3 Å². The van der Waals surface area contributed by atoms with Crippen molar-refractivity contribution in [3.8, 4) is 11.3 Å². The molecule has 1 aromatic heterocycles. The van der Waals surface area contributed by atoms with Gasteiger partial charge in [0.1, 0.15) is 17.5 Å². The fraction of sp³-hybridized carbons (Fsp3) is 0.375. The van der Waals surface area contributed by atoms with Crippen LogP contribution in [0.1, 0.15) is 37.2 Å². The number of nitrogens with zero attached hydrogens (tertiary/aromatic N) is 1. The zero-order valence-corrected chi connectivity index (χ0v) is 16.9. The van der Waals surface area contributed by atoms with E-state index in [9.17, 15) is 23.1 Å². The van der Waals surface area contributed by atoms with Crippen molar-refractivity contribution in [3.05, 3.63) is 59.4 Å². The molecule has 4 nitrogen and oxygen atoms in total. The number of aromatic nitrogens is 1. The summed E-state index contributed by atoms with van der Waals surface area (Å²) in [6.45, 7) is 0.632. The van der Waals surface area contributed by atoms with Crippen molar-refractivity contribution in [1.82, 2.24) is 9.88 Å². The molecule has 0 radical (unpaired) electrons. The Balaban J connectivity index is 1.49. The van der Waals surface area contributed by atoms with Crippen LogP contribution < -0.4 is 0 Å². The first-order valence-corrected chi connectivity index (χ1v) is 10.6. The van der Waals surface area contributed by atoms with Crippen molar-refractivity contribution >= 4 is 16.8 Å². The fourth-order valence-electron chi connectivity index (χ4n) is 5.11. The van der Waals surface area contributed by atoms with E-state index in [-0.39, 0.29) is 41.7 Å². The molecule has 0 unspecified atom stereocenters. The van der Waals surface area contributed by atoms with Crippen LogP contribution in [-0.2, 0) is 4.79 Å². The third kappa shape index (κ3) is 3.41. The number of benzene rings is 2. The monoisotopic (exact) mass is 428 g/mol. The first-order valence-electron chi connectivity index (χ1n) is 10.6. The van der Waals surface area contributed by atoms with Gasteiger partial charge in [0, 0.05) is 23.9 Å². The second kappa shape index (κ2) is 7.71. The Morgan fingerprint density at radius 2 is 1.84 bits per heavy atom. The van der Waals surface area contributed by atoms with Gasteiger partial charge in [-0.3, -0.25) is 4.79 Å². The number of carbonyl (C=O) groups is 1. The number of likely N-dealkylation sites (tertiary alicyclic amines) is 1. The Labute approximate surface area is 177 Å². The first-order chi connectivity index (χ1) is 15.0. The number of amides is 1. The molecule has 1 aliphatic carbocycles. The number of hydrogen-bond acceptors (Lipinski definition) is 2. The lowest BCUT2D eigenvalue weighted by Gasteiger charge is -2.38. The maximum absolute atomic E-state index is 14.5. The van der Waals surface area contributed by atoms with Crippen molar-refractivity contribution in [2.45, 2.75) is 37.6 Å². The summed E-state index contributed by atoms with van der Waals surface area (Å²) >= 11 is 0. The lowest BCUT2D eigenvalue weighted by Crippen LogP contribution is -2.44. The molecule has 7 heteroatoms. The minimum atomic E-state index is -0.681. The summed E-state index contributed by atoms with van der Waals surface area (Å²) in [6.07, 6.45) is 2.86. The Morgan fingerprint density at radius 1 is 1.10 bits per heavy atom. The number of aliphatic hydroxyl groups is 1. The highest BCUT2D eigenvalue weighted by molar-refractivity contribution is 5.92. The van der Waals surface area contributed by atoms with Crippen molar-refractivity contribution < 1.29 is 23.1 Å². The van der Waals surface area contributed by atoms with E-state index in [4.69, 9.17) is 0 Å². The van der Waals surface area contributed by atoms with Gasteiger partial charge in [-0.25, -0.2) is 13.2 Å². The van der Waals surface area contributed by atoms with Crippen LogP contribution in [0.5, 0.6) is 0 Å². The van der Waals surface area contributed by atoms with E-state index in [1.165, 1.54) is 18.2 Å². The number of fused-ring (bicyclic) bond motifs is 1. The zero-order valence-electron chi connectivity index (χ0n) is 16.9. The van der Waals surface area contributed by atoms with E-state index in [0.717, 1.165) is 24.5 Å². The Morgan fingerprint density at radius 3 is 2.55 bits per heavy atom. The van der Waals surface area contributed by atoms with E-state index < -0.39 is 11.6 Å². The molecule has 1 amide bonds. The molecular weight excluding hydrogens is 405 g/mol. The van der Waals surface area contributed by atoms with E-state index in [2.05, 4.69) is 4.98 Å². The predicted molar refractivity (Wildman–Crippen MR) is 111 cm³/mol. The number of nitrogens with one attached hydrogen (secondary N) is 1. The molecule has 31 heavy (non-hydrogen) atoms. The smallest absolute Gasteiger partial charge is 0.226 e. The van der Waals surface area contributed by atoms with Crippen LogP contribution >= 0.6 is 0 Å². The van der Waals surface area contributed by atoms with Gasteiger partial charge in [-0.1, -0.05) is 0 Å². The van der Waals surface area contributed by atoms with Crippen LogP contribution in [0.3, 0.4) is 0 Å². The number of aromatic amines is 1. The van der Waals surface area contributed by atoms with E-state index in [0.29, 0.717) is 36.0 Å². The highest BCUT2D eigenvalue weighted by atomic mass is 19.1. The molecule has 1 atom stereocenters. The van der Waals surface area contributed by atoms with Crippen molar-refractivity contribution in [2.75, 3.05) is 13.2 Å². The zero-order chi connectivity index (χ0) is 21.7. The Bertz CT molecular complexity index is 1140. The van der Waals surface area contributed by atoms with Crippen LogP contribution in [0.25, 0.3) is 22.2 Å². The quantitative estimate of drug-likeness (QED) is 0.631. The third-order valence-electron chi connectivity index (χ3n) is 6.76. The maximum Gasteiger partial charge on any atom is 0.226 e. The fourth-order valence-corrected chi connectivity index (χ4v) is 5.11. The molecule has 2 heterocycles. The van der Waals surface area contributed by atoms with Crippen LogP contribution in [0.15, 0.2) is 36.4 Å². The Kier molecular flexibility index (Phi) is 5.01. The minimum Gasteiger partial charge on any atom is -0.394 e. The normalized spacial score (nSPS) is 23.4. The molecule has 2 aliphatic rings. The first kappa shape index (κ1) is 20.1. The molecular formula is C24H23F3N2O2. The number of rotatable bonds is 4. The number of aliphatic hydroxyl groups excluding tert-OH is 1. The van der Waals surface area contributed by atoms with Crippen LogP contribution in [-0.4, -0.2) is 40.1 Å². The largest absolute Gasteiger partial charge is 0.394 e. The number of carbonyl (C=O) groups excluding carboxylic acids is 1. The van der Waals surface area contributed by atoms with Gasteiger partial charge in [0.05, 0.1) is 23.9 Å². The molecule has 162 valence electrons. The van der Waals surface area contributed by atoms with Gasteiger partial charge in [0.2, 0.25) is 5.91 Å². The summed E-state index contributed by atoms with van der Waals surface area (Å²) in [5, 5.41) is 9.98. The van der Waals surface area contributed by atoms with E-state index in [1.54, 1.807) is 17.0 Å².